The first-order valence-electron chi connectivity index (χ1n) is 5.27. The minimum absolute atomic E-state index is 0.0326. The van der Waals surface area contributed by atoms with E-state index in [1.807, 2.05) is 24.3 Å². The molecule has 0 aliphatic heterocycles. The van der Waals surface area contributed by atoms with Crippen LogP contribution in [0.15, 0.2) is 24.3 Å². The molecule has 0 aromatic heterocycles. The van der Waals surface area contributed by atoms with E-state index in [0.717, 1.165) is 30.1 Å². The van der Waals surface area contributed by atoms with Crippen LogP contribution in [-0.2, 0) is 4.74 Å². The Bertz CT molecular complexity index is 291. The van der Waals surface area contributed by atoms with Gasteiger partial charge < -0.3 is 10.1 Å². The topological polar surface area (TPSA) is 21.3 Å². The monoisotopic (exact) mass is 227 g/mol. The lowest BCUT2D eigenvalue weighted by molar-refractivity contribution is 0.103. The van der Waals surface area contributed by atoms with Gasteiger partial charge in [-0.2, -0.15) is 0 Å². The average Bonchev–Trinajstić information content (AvgIpc) is 2.26. The highest BCUT2D eigenvalue weighted by molar-refractivity contribution is 6.31. The van der Waals surface area contributed by atoms with Crippen molar-refractivity contribution in [3.05, 3.63) is 34.9 Å². The van der Waals surface area contributed by atoms with Gasteiger partial charge in [-0.15, -0.1) is 0 Å². The second-order valence-electron chi connectivity index (χ2n) is 3.45. The van der Waals surface area contributed by atoms with E-state index in [-0.39, 0.29) is 6.10 Å². The van der Waals surface area contributed by atoms with Gasteiger partial charge in [0.05, 0.1) is 6.10 Å². The van der Waals surface area contributed by atoms with Crippen molar-refractivity contribution in [2.75, 3.05) is 20.2 Å². The van der Waals surface area contributed by atoms with Crippen LogP contribution in [-0.4, -0.2) is 20.2 Å². The summed E-state index contributed by atoms with van der Waals surface area (Å²) < 4.78 is 5.42. The molecule has 15 heavy (non-hydrogen) atoms. The summed E-state index contributed by atoms with van der Waals surface area (Å²) in [7, 11) is 1.71. The van der Waals surface area contributed by atoms with Crippen LogP contribution in [0.5, 0.6) is 0 Å². The molecule has 2 nitrogen and oxygen atoms in total. The molecular weight excluding hydrogens is 210 g/mol. The standard InChI is InChI=1S/C12H18ClNO/c1-3-8-14-9-12(15-2)10-6-4-5-7-11(10)13/h4-7,12,14H,3,8-9H2,1-2H3. The van der Waals surface area contributed by atoms with E-state index in [2.05, 4.69) is 12.2 Å². The number of halogens is 1. The van der Waals surface area contributed by atoms with Crippen LogP contribution in [0.2, 0.25) is 5.02 Å². The number of ether oxygens (including phenoxy) is 1. The molecule has 1 rings (SSSR count). The maximum absolute atomic E-state index is 6.10. The molecule has 0 aliphatic carbocycles. The fourth-order valence-electron chi connectivity index (χ4n) is 1.47. The van der Waals surface area contributed by atoms with Crippen LogP contribution >= 0.6 is 11.6 Å². The molecule has 1 unspecified atom stereocenters. The van der Waals surface area contributed by atoms with Gasteiger partial charge in [0.25, 0.3) is 0 Å². The van der Waals surface area contributed by atoms with E-state index < -0.39 is 0 Å². The molecule has 0 amide bonds. The van der Waals surface area contributed by atoms with Gasteiger partial charge in [0.15, 0.2) is 0 Å². The van der Waals surface area contributed by atoms with Crippen molar-refractivity contribution in [3.8, 4) is 0 Å². The van der Waals surface area contributed by atoms with Gasteiger partial charge in [0, 0.05) is 24.2 Å². The predicted molar refractivity (Wildman–Crippen MR) is 64.4 cm³/mol. The molecule has 1 atom stereocenters. The fourth-order valence-corrected chi connectivity index (χ4v) is 1.72. The summed E-state index contributed by atoms with van der Waals surface area (Å²) in [5.41, 5.74) is 1.05. The molecular formula is C12H18ClNO. The van der Waals surface area contributed by atoms with Gasteiger partial charge in [-0.05, 0) is 19.0 Å². The zero-order valence-corrected chi connectivity index (χ0v) is 10.1. The molecule has 0 spiro atoms. The Labute approximate surface area is 96.6 Å². The Kier molecular flexibility index (Phi) is 5.69. The highest BCUT2D eigenvalue weighted by Crippen LogP contribution is 2.24. The largest absolute Gasteiger partial charge is 0.375 e. The van der Waals surface area contributed by atoms with E-state index in [9.17, 15) is 0 Å². The third-order valence-corrected chi connectivity index (χ3v) is 2.64. The average molecular weight is 228 g/mol. The van der Waals surface area contributed by atoms with E-state index in [0.29, 0.717) is 0 Å². The second kappa shape index (κ2) is 6.83. The molecule has 84 valence electrons. The number of nitrogens with one attached hydrogen (secondary N) is 1. The van der Waals surface area contributed by atoms with Gasteiger partial charge in [-0.3, -0.25) is 0 Å². The smallest absolute Gasteiger partial charge is 0.0959 e. The summed E-state index contributed by atoms with van der Waals surface area (Å²) in [6.45, 7) is 3.95. The zero-order chi connectivity index (χ0) is 11.1. The number of benzene rings is 1. The van der Waals surface area contributed by atoms with Crippen molar-refractivity contribution >= 4 is 11.6 Å². The van der Waals surface area contributed by atoms with Crippen LogP contribution in [0.25, 0.3) is 0 Å². The molecule has 0 saturated heterocycles. The lowest BCUT2D eigenvalue weighted by Crippen LogP contribution is -2.23. The Morgan fingerprint density at radius 1 is 1.40 bits per heavy atom. The quantitative estimate of drug-likeness (QED) is 0.755. The first kappa shape index (κ1) is 12.5. The molecule has 0 bridgehead atoms. The summed E-state index contributed by atoms with van der Waals surface area (Å²) in [6.07, 6.45) is 1.16. The highest BCUT2D eigenvalue weighted by Gasteiger charge is 2.12. The van der Waals surface area contributed by atoms with Crippen LogP contribution < -0.4 is 5.32 Å². The minimum atomic E-state index is 0.0326. The van der Waals surface area contributed by atoms with Crippen LogP contribution in [0, 0.1) is 0 Å². The van der Waals surface area contributed by atoms with Gasteiger partial charge in [0.2, 0.25) is 0 Å². The second-order valence-corrected chi connectivity index (χ2v) is 3.86. The summed E-state index contributed by atoms with van der Waals surface area (Å²) in [6, 6.07) is 7.80. The Morgan fingerprint density at radius 2 is 2.13 bits per heavy atom. The SMILES string of the molecule is CCCNCC(OC)c1ccccc1Cl. The Balaban J connectivity index is 2.61. The van der Waals surface area contributed by atoms with Crippen molar-refractivity contribution < 1.29 is 4.74 Å². The first-order chi connectivity index (χ1) is 7.29. The molecule has 0 saturated carbocycles. The number of methoxy groups -OCH3 is 1. The number of rotatable bonds is 6. The maximum Gasteiger partial charge on any atom is 0.0959 e. The molecule has 0 fully saturated rings. The van der Waals surface area contributed by atoms with E-state index in [1.165, 1.54) is 0 Å². The molecule has 0 aliphatic rings. The summed E-state index contributed by atoms with van der Waals surface area (Å²) in [4.78, 5) is 0. The lowest BCUT2D eigenvalue weighted by atomic mass is 10.1. The highest BCUT2D eigenvalue weighted by atomic mass is 35.5. The van der Waals surface area contributed by atoms with Crippen molar-refractivity contribution in [2.24, 2.45) is 0 Å². The third-order valence-electron chi connectivity index (χ3n) is 2.29. The fraction of sp³-hybridized carbons (Fsp3) is 0.500. The molecule has 1 N–H and O–H groups in total. The maximum atomic E-state index is 6.10. The predicted octanol–water partition coefficient (Wildman–Crippen LogP) is 3.03. The summed E-state index contributed by atoms with van der Waals surface area (Å²) >= 11 is 6.10. The van der Waals surface area contributed by atoms with Gasteiger partial charge in [-0.25, -0.2) is 0 Å². The number of hydrogen-bond acceptors (Lipinski definition) is 2. The molecule has 1 aromatic rings. The van der Waals surface area contributed by atoms with Gasteiger partial charge >= 0.3 is 0 Å². The van der Waals surface area contributed by atoms with Crippen LogP contribution in [0.3, 0.4) is 0 Å². The van der Waals surface area contributed by atoms with E-state index in [1.54, 1.807) is 7.11 Å². The van der Waals surface area contributed by atoms with E-state index >= 15 is 0 Å². The van der Waals surface area contributed by atoms with Crippen molar-refractivity contribution in [2.45, 2.75) is 19.4 Å². The Morgan fingerprint density at radius 3 is 2.73 bits per heavy atom. The molecule has 1 aromatic carbocycles. The van der Waals surface area contributed by atoms with Gasteiger partial charge in [0.1, 0.15) is 0 Å². The summed E-state index contributed by atoms with van der Waals surface area (Å²) in [5, 5.41) is 4.09. The third kappa shape index (κ3) is 3.82. The Hall–Kier alpha value is -0.570. The van der Waals surface area contributed by atoms with Crippen LogP contribution in [0.4, 0.5) is 0 Å². The van der Waals surface area contributed by atoms with Crippen LogP contribution in [0.1, 0.15) is 25.0 Å². The van der Waals surface area contributed by atoms with Crippen molar-refractivity contribution in [3.63, 3.8) is 0 Å². The normalized spacial score (nSPS) is 12.7. The first-order valence-corrected chi connectivity index (χ1v) is 5.65. The van der Waals surface area contributed by atoms with Crippen molar-refractivity contribution in [1.82, 2.24) is 5.32 Å². The van der Waals surface area contributed by atoms with Gasteiger partial charge in [-0.1, -0.05) is 36.7 Å². The minimum Gasteiger partial charge on any atom is -0.375 e. The van der Waals surface area contributed by atoms with E-state index in [4.69, 9.17) is 16.3 Å². The van der Waals surface area contributed by atoms with Crippen molar-refractivity contribution in [1.29, 1.82) is 0 Å². The summed E-state index contributed by atoms with van der Waals surface area (Å²) in [5.74, 6) is 0. The lowest BCUT2D eigenvalue weighted by Gasteiger charge is -2.17. The molecule has 3 heteroatoms. The number of hydrogen-bond donors (Lipinski definition) is 1. The molecule has 0 heterocycles. The zero-order valence-electron chi connectivity index (χ0n) is 9.29. The molecule has 0 radical (unpaired) electrons.